The van der Waals surface area contributed by atoms with E-state index in [1.807, 2.05) is 5.32 Å². The molecule has 9 N–H and O–H groups in total. The van der Waals surface area contributed by atoms with Gasteiger partial charge in [0.05, 0.1) is 42.2 Å². The summed E-state index contributed by atoms with van der Waals surface area (Å²) in [5, 5.41) is 43.6. The highest BCUT2D eigenvalue weighted by atomic mass is 16.3. The number of nitrogens with zero attached hydrogens (tertiary/aromatic N) is 1. The number of fused-ring (bicyclic) bond motifs is 1. The molecule has 0 saturated heterocycles. The fourth-order valence-electron chi connectivity index (χ4n) is 3.30. The van der Waals surface area contributed by atoms with E-state index in [2.05, 4.69) is 10.6 Å². The highest BCUT2D eigenvalue weighted by molar-refractivity contribution is 6.23. The highest BCUT2D eigenvalue weighted by Gasteiger charge is 2.32. The number of carbonyl (C=O) groups is 4. The van der Waals surface area contributed by atoms with Crippen molar-refractivity contribution in [3.63, 3.8) is 0 Å². The van der Waals surface area contributed by atoms with Crippen molar-refractivity contribution in [3.05, 3.63) is 56.9 Å². The Morgan fingerprint density at radius 2 is 1.40 bits per heavy atom. The molecule has 2 aromatic rings. The molecule has 0 fully saturated rings. The third-order valence-corrected chi connectivity index (χ3v) is 5.07. The standard InChI is InChI=1S/C21H23N5O9/c22-17-16-14(20(34)25-21(16)35)4-15(31)26(17)11-2-9(18(32)23-5-12(29)7-27)1-10(3-11)19(33)24-6-13(30)8-28/h1-4,12-13,27-30H,5-8,22H2,(H,23,32)(H,24,33)(H,25,34,35). The number of hydrogen-bond acceptors (Lipinski definition) is 10. The second-order valence-corrected chi connectivity index (χ2v) is 7.64. The van der Waals surface area contributed by atoms with Crippen molar-refractivity contribution in [2.75, 3.05) is 32.0 Å². The lowest BCUT2D eigenvalue weighted by Gasteiger charge is -2.16. The van der Waals surface area contributed by atoms with Crippen LogP contribution >= 0.6 is 0 Å². The molecule has 0 aliphatic carbocycles. The van der Waals surface area contributed by atoms with E-state index in [0.717, 1.165) is 16.7 Å². The molecule has 0 saturated carbocycles. The molecular weight excluding hydrogens is 466 g/mol. The Morgan fingerprint density at radius 3 is 1.89 bits per heavy atom. The lowest BCUT2D eigenvalue weighted by atomic mass is 10.1. The van der Waals surface area contributed by atoms with Crippen LogP contribution in [-0.4, -0.2) is 87.1 Å². The van der Waals surface area contributed by atoms with Crippen molar-refractivity contribution in [1.82, 2.24) is 20.5 Å². The minimum atomic E-state index is -1.24. The zero-order valence-corrected chi connectivity index (χ0v) is 18.1. The summed E-state index contributed by atoms with van der Waals surface area (Å²) >= 11 is 0. The summed E-state index contributed by atoms with van der Waals surface area (Å²) in [6, 6.07) is 4.45. The molecule has 0 radical (unpaired) electrons. The first kappa shape index (κ1) is 25.5. The molecule has 1 aromatic heterocycles. The van der Waals surface area contributed by atoms with Gasteiger partial charge in [-0.2, -0.15) is 0 Å². The predicted octanol–water partition coefficient (Wildman–Crippen LogP) is -3.53. The molecule has 2 atom stereocenters. The van der Waals surface area contributed by atoms with Crippen LogP contribution in [0.2, 0.25) is 0 Å². The largest absolute Gasteiger partial charge is 0.394 e. The first-order valence-electron chi connectivity index (χ1n) is 10.3. The molecule has 2 heterocycles. The number of aliphatic hydroxyl groups excluding tert-OH is 4. The van der Waals surface area contributed by atoms with Crippen LogP contribution in [0.15, 0.2) is 29.1 Å². The van der Waals surface area contributed by atoms with E-state index in [1.165, 1.54) is 12.1 Å². The van der Waals surface area contributed by atoms with Crippen LogP contribution in [0.1, 0.15) is 41.4 Å². The van der Waals surface area contributed by atoms with Crippen molar-refractivity contribution in [2.24, 2.45) is 0 Å². The summed E-state index contributed by atoms with van der Waals surface area (Å²) in [6.07, 6.45) is -2.48. The summed E-state index contributed by atoms with van der Waals surface area (Å²) < 4.78 is 0.843. The minimum Gasteiger partial charge on any atom is -0.394 e. The van der Waals surface area contributed by atoms with Gasteiger partial charge in [0.1, 0.15) is 5.82 Å². The van der Waals surface area contributed by atoms with E-state index >= 15 is 0 Å². The summed E-state index contributed by atoms with van der Waals surface area (Å²) in [5.41, 5.74) is 4.38. The molecule has 3 rings (SSSR count). The van der Waals surface area contributed by atoms with E-state index in [4.69, 9.17) is 15.9 Å². The molecular formula is C21H23N5O9. The Bertz CT molecular complexity index is 1210. The van der Waals surface area contributed by atoms with Gasteiger partial charge in [0, 0.05) is 30.3 Å². The fourth-order valence-corrected chi connectivity index (χ4v) is 3.30. The lowest BCUT2D eigenvalue weighted by Crippen LogP contribution is -2.35. The number of carbonyl (C=O) groups excluding carboxylic acids is 4. The molecule has 14 nitrogen and oxygen atoms in total. The number of nitrogens with one attached hydrogen (secondary N) is 3. The maximum atomic E-state index is 12.8. The fraction of sp³-hybridized carbons (Fsp3) is 0.286. The number of nitrogens with two attached hydrogens (primary N) is 1. The number of pyridine rings is 1. The van der Waals surface area contributed by atoms with Gasteiger partial charge in [-0.05, 0) is 18.2 Å². The maximum Gasteiger partial charge on any atom is 0.262 e. The SMILES string of the molecule is Nc1c2c(cc(=O)n1-c1cc(C(=O)NCC(O)CO)cc(C(=O)NCC(O)CO)c1)C(=O)NC2=O. The minimum absolute atomic E-state index is 0.0920. The number of imide groups is 1. The Labute approximate surface area is 197 Å². The number of nitrogen functional groups attached to an aromatic ring is 1. The van der Waals surface area contributed by atoms with Crippen LogP contribution < -0.4 is 27.2 Å². The van der Waals surface area contributed by atoms with E-state index in [-0.39, 0.29) is 41.0 Å². The Kier molecular flexibility index (Phi) is 7.61. The topological polar surface area (TPSA) is 233 Å². The van der Waals surface area contributed by atoms with Crippen molar-refractivity contribution in [3.8, 4) is 5.69 Å². The van der Waals surface area contributed by atoms with E-state index in [1.54, 1.807) is 0 Å². The number of rotatable bonds is 9. The summed E-state index contributed by atoms with van der Waals surface area (Å²) in [4.78, 5) is 62.1. The zero-order valence-electron chi connectivity index (χ0n) is 18.1. The number of benzene rings is 1. The quantitative estimate of drug-likeness (QED) is 0.162. The molecule has 35 heavy (non-hydrogen) atoms. The van der Waals surface area contributed by atoms with Crippen molar-refractivity contribution >= 4 is 29.4 Å². The van der Waals surface area contributed by atoms with Gasteiger partial charge in [0.25, 0.3) is 29.2 Å². The van der Waals surface area contributed by atoms with Gasteiger partial charge in [0.15, 0.2) is 0 Å². The van der Waals surface area contributed by atoms with Crippen LogP contribution in [0.4, 0.5) is 5.82 Å². The third kappa shape index (κ3) is 5.36. The number of aromatic nitrogens is 1. The second kappa shape index (κ2) is 10.4. The van der Waals surface area contributed by atoms with Crippen LogP contribution in [0.5, 0.6) is 0 Å². The number of hydrogen-bond donors (Lipinski definition) is 8. The Hall–Kier alpha value is -4.11. The van der Waals surface area contributed by atoms with Gasteiger partial charge < -0.3 is 36.8 Å². The zero-order chi connectivity index (χ0) is 25.9. The lowest BCUT2D eigenvalue weighted by molar-refractivity contribution is 0.0799. The van der Waals surface area contributed by atoms with Gasteiger partial charge >= 0.3 is 0 Å². The monoisotopic (exact) mass is 489 g/mol. The van der Waals surface area contributed by atoms with Crippen molar-refractivity contribution in [2.45, 2.75) is 12.2 Å². The van der Waals surface area contributed by atoms with E-state index in [0.29, 0.717) is 0 Å². The molecule has 1 aliphatic heterocycles. The van der Waals surface area contributed by atoms with E-state index < -0.39 is 60.4 Å². The first-order chi connectivity index (χ1) is 16.6. The first-order valence-corrected chi connectivity index (χ1v) is 10.3. The number of anilines is 1. The maximum absolute atomic E-state index is 12.8. The molecule has 186 valence electrons. The third-order valence-electron chi connectivity index (χ3n) is 5.07. The van der Waals surface area contributed by atoms with Gasteiger partial charge in [-0.25, -0.2) is 0 Å². The van der Waals surface area contributed by atoms with Crippen LogP contribution in [0, 0.1) is 0 Å². The second-order valence-electron chi connectivity index (χ2n) is 7.64. The summed E-state index contributed by atoms with van der Waals surface area (Å²) in [5.74, 6) is -3.56. The summed E-state index contributed by atoms with van der Waals surface area (Å²) in [6.45, 7) is -1.84. The van der Waals surface area contributed by atoms with Gasteiger partial charge in [-0.3, -0.25) is 33.9 Å². The number of amides is 4. The normalized spacial score (nSPS) is 14.2. The van der Waals surface area contributed by atoms with Crippen LogP contribution in [-0.2, 0) is 0 Å². The molecule has 0 spiro atoms. The van der Waals surface area contributed by atoms with Crippen LogP contribution in [0.3, 0.4) is 0 Å². The molecule has 2 unspecified atom stereocenters. The predicted molar refractivity (Wildman–Crippen MR) is 119 cm³/mol. The Balaban J connectivity index is 2.10. The molecule has 1 aliphatic rings. The Morgan fingerprint density at radius 1 is 0.886 bits per heavy atom. The average Bonchev–Trinajstić information content (AvgIpc) is 3.12. The number of aliphatic hydroxyl groups is 4. The van der Waals surface area contributed by atoms with Gasteiger partial charge in [0.2, 0.25) is 0 Å². The molecule has 0 bridgehead atoms. The summed E-state index contributed by atoms with van der Waals surface area (Å²) in [7, 11) is 0. The van der Waals surface area contributed by atoms with Gasteiger partial charge in [-0.15, -0.1) is 0 Å². The molecule has 14 heteroatoms. The van der Waals surface area contributed by atoms with Crippen LogP contribution in [0.25, 0.3) is 5.69 Å². The molecule has 4 amide bonds. The molecule has 1 aromatic carbocycles. The average molecular weight is 489 g/mol. The van der Waals surface area contributed by atoms with Gasteiger partial charge in [-0.1, -0.05) is 0 Å². The highest BCUT2D eigenvalue weighted by Crippen LogP contribution is 2.24. The van der Waals surface area contributed by atoms with E-state index in [9.17, 15) is 34.2 Å². The smallest absolute Gasteiger partial charge is 0.262 e. The van der Waals surface area contributed by atoms with Crippen molar-refractivity contribution < 1.29 is 39.6 Å². The van der Waals surface area contributed by atoms with Crippen molar-refractivity contribution in [1.29, 1.82) is 0 Å².